The van der Waals surface area contributed by atoms with Gasteiger partial charge >= 0.3 is 0 Å². The Balaban J connectivity index is 0.00000225. The van der Waals surface area contributed by atoms with Crippen molar-refractivity contribution in [2.24, 2.45) is 0 Å². The van der Waals surface area contributed by atoms with Crippen LogP contribution in [0.2, 0.25) is 0 Å². The minimum absolute atomic E-state index is 0. The fourth-order valence-electron chi connectivity index (χ4n) is 1.06. The van der Waals surface area contributed by atoms with Crippen molar-refractivity contribution in [3.8, 4) is 0 Å². The van der Waals surface area contributed by atoms with Gasteiger partial charge in [-0.05, 0) is 17.5 Å². The van der Waals surface area contributed by atoms with Gasteiger partial charge in [0.2, 0.25) is 0 Å². The molecule has 1 rings (SSSR count). The molecule has 0 spiro atoms. The predicted molar refractivity (Wildman–Crippen MR) is 53.8 cm³/mol. The van der Waals surface area contributed by atoms with Crippen molar-refractivity contribution in [3.05, 3.63) is 29.3 Å². The summed E-state index contributed by atoms with van der Waals surface area (Å²) in [5.74, 6) is -0.0601. The number of hydrogen-bond acceptors (Lipinski definition) is 4. The number of carbonyl (C=O) groups excluding carboxylic acids is 2. The Morgan fingerprint density at radius 3 is 2.12 bits per heavy atom. The Hall–Kier alpha value is -0.386. The number of sulfone groups is 1. The predicted octanol–water partition coefficient (Wildman–Crippen LogP) is 0.393. The average Bonchev–Trinajstić information content (AvgIpc) is 2.28. The van der Waals surface area contributed by atoms with Crippen molar-refractivity contribution in [2.75, 3.05) is 5.75 Å². The van der Waals surface area contributed by atoms with Crippen LogP contribution in [0.1, 0.15) is 18.1 Å². The van der Waals surface area contributed by atoms with Crippen LogP contribution in [0, 0.1) is 0 Å². The van der Waals surface area contributed by atoms with Gasteiger partial charge in [-0.2, -0.15) is 6.07 Å². The largest absolute Gasteiger partial charge is 0.391 e. The van der Waals surface area contributed by atoms with Gasteiger partial charge in [0, 0.05) is 32.7 Å². The summed E-state index contributed by atoms with van der Waals surface area (Å²) in [5, 5.41) is 0. The molecule has 0 saturated heterocycles. The molecule has 0 unspecified atom stereocenters. The van der Waals surface area contributed by atoms with E-state index in [1.165, 1.54) is 31.6 Å². The first-order chi connectivity index (χ1) is 7.05. The third-order valence-electron chi connectivity index (χ3n) is 1.95. The van der Waals surface area contributed by atoms with E-state index in [2.05, 4.69) is 0 Å². The van der Waals surface area contributed by atoms with Crippen LogP contribution >= 0.6 is 0 Å². The van der Waals surface area contributed by atoms with Crippen molar-refractivity contribution in [2.45, 2.75) is 11.8 Å². The van der Waals surface area contributed by atoms with E-state index in [1.54, 1.807) is 0 Å². The summed E-state index contributed by atoms with van der Waals surface area (Å²) in [4.78, 5) is 20.8. The number of benzene rings is 1. The molecule has 83 valence electrons. The maximum absolute atomic E-state index is 11.4. The molecule has 1 radical (unpaired) electrons. The summed E-state index contributed by atoms with van der Waals surface area (Å²) in [6.07, 6.45) is 3.04. The molecule has 0 aromatic heterocycles. The Kier molecular flexibility index (Phi) is 6.22. The van der Waals surface area contributed by atoms with Crippen molar-refractivity contribution in [1.82, 2.24) is 0 Å². The van der Waals surface area contributed by atoms with Gasteiger partial charge in [-0.3, -0.25) is 11.1 Å². The molecule has 16 heavy (non-hydrogen) atoms. The van der Waals surface area contributed by atoms with Crippen LogP contribution in [-0.2, 0) is 52.1 Å². The Bertz CT molecular complexity index is 494. The molecule has 1 aromatic rings. The molecule has 0 saturated carbocycles. The van der Waals surface area contributed by atoms with Gasteiger partial charge in [0.1, 0.15) is 0 Å². The van der Waals surface area contributed by atoms with Crippen LogP contribution in [-0.4, -0.2) is 26.7 Å². The molecule has 0 aliphatic rings. The van der Waals surface area contributed by atoms with E-state index >= 15 is 0 Å². The summed E-state index contributed by atoms with van der Waals surface area (Å²) in [6.45, 7) is 1.50. The van der Waals surface area contributed by atoms with Crippen molar-refractivity contribution in [1.29, 1.82) is 0 Å². The van der Waals surface area contributed by atoms with E-state index in [0.29, 0.717) is 0 Å². The van der Waals surface area contributed by atoms with Crippen LogP contribution in [0.25, 0.3) is 0 Å². The molecule has 0 heterocycles. The molecule has 0 amide bonds. The Morgan fingerprint density at radius 2 is 1.69 bits per heavy atom. The van der Waals surface area contributed by atoms with Gasteiger partial charge in [0.15, 0.2) is 9.84 Å². The molecule has 0 aliphatic carbocycles. The molecule has 6 heteroatoms. The third-order valence-corrected chi connectivity index (χ3v) is 3.68. The maximum atomic E-state index is 11.4. The zero-order valence-electron chi connectivity index (χ0n) is 8.56. The first-order valence-corrected chi connectivity index (χ1v) is 5.83. The molecule has 4 nitrogen and oxygen atoms in total. The zero-order chi connectivity index (χ0) is 11.5. The van der Waals surface area contributed by atoms with E-state index in [1.807, 2.05) is 0 Å². The standard InChI is InChI=1S/C10H8O4S.Y/c1-2-15(13,14)10-4-3-8(6-11)9(5-10)7-12;/h3-5H,2H2,1H3;/q-2;. The summed E-state index contributed by atoms with van der Waals surface area (Å²) < 4.78 is 22.9. The normalized spacial score (nSPS) is 10.3. The second-order valence-corrected chi connectivity index (χ2v) is 5.09. The van der Waals surface area contributed by atoms with E-state index < -0.39 is 9.84 Å². The van der Waals surface area contributed by atoms with Crippen molar-refractivity contribution < 1.29 is 50.7 Å². The van der Waals surface area contributed by atoms with Crippen LogP contribution < -0.4 is 0 Å². The van der Waals surface area contributed by atoms with E-state index in [9.17, 15) is 18.0 Å². The minimum atomic E-state index is -3.36. The Labute approximate surface area is 119 Å². The van der Waals surface area contributed by atoms with Crippen LogP contribution in [0.3, 0.4) is 0 Å². The quantitative estimate of drug-likeness (QED) is 0.754. The molecule has 0 bridgehead atoms. The molecular weight excluding hydrogens is 305 g/mol. The van der Waals surface area contributed by atoms with Gasteiger partial charge in [-0.1, -0.05) is 6.92 Å². The van der Waals surface area contributed by atoms with Crippen molar-refractivity contribution >= 4 is 22.4 Å². The monoisotopic (exact) mass is 313 g/mol. The Morgan fingerprint density at radius 1 is 1.12 bits per heavy atom. The van der Waals surface area contributed by atoms with Crippen LogP contribution in [0.4, 0.5) is 0 Å². The summed E-state index contributed by atoms with van der Waals surface area (Å²) in [5.41, 5.74) is -0.0698. The van der Waals surface area contributed by atoms with Gasteiger partial charge in [-0.25, -0.2) is 14.5 Å². The average molecular weight is 313 g/mol. The molecule has 0 fully saturated rings. The third kappa shape index (κ3) is 3.30. The molecule has 0 N–H and O–H groups in total. The SMILES string of the molecule is CCS(=O)(=O)c1ccc([C-]=O)c([C-]=O)c1.[Y]. The second kappa shape index (κ2) is 6.37. The topological polar surface area (TPSA) is 68.3 Å². The fraction of sp³-hybridized carbons (Fsp3) is 0.200. The molecule has 0 atom stereocenters. The molecule has 0 aliphatic heterocycles. The number of rotatable bonds is 4. The van der Waals surface area contributed by atoms with Gasteiger partial charge < -0.3 is 9.59 Å². The van der Waals surface area contributed by atoms with Crippen LogP contribution in [0.15, 0.2) is 23.1 Å². The first kappa shape index (κ1) is 15.6. The summed E-state index contributed by atoms with van der Waals surface area (Å²) in [6, 6.07) is 3.65. The smallest absolute Gasteiger partial charge is 0.164 e. The maximum Gasteiger partial charge on any atom is 0.164 e. The zero-order valence-corrected chi connectivity index (χ0v) is 12.2. The first-order valence-electron chi connectivity index (χ1n) is 4.18. The van der Waals surface area contributed by atoms with Gasteiger partial charge in [0.05, 0.1) is 5.75 Å². The van der Waals surface area contributed by atoms with E-state index in [4.69, 9.17) is 0 Å². The summed E-state index contributed by atoms with van der Waals surface area (Å²) >= 11 is 0. The second-order valence-electron chi connectivity index (χ2n) is 2.81. The molecule has 1 aromatic carbocycles. The number of hydrogen-bond donors (Lipinski definition) is 0. The van der Waals surface area contributed by atoms with Crippen LogP contribution in [0.5, 0.6) is 0 Å². The fourth-order valence-corrected chi connectivity index (χ4v) is 1.96. The summed E-state index contributed by atoms with van der Waals surface area (Å²) in [7, 11) is -3.36. The van der Waals surface area contributed by atoms with Gasteiger partial charge in [-0.15, -0.1) is 6.07 Å². The van der Waals surface area contributed by atoms with E-state index in [0.717, 1.165) is 6.07 Å². The van der Waals surface area contributed by atoms with E-state index in [-0.39, 0.29) is 54.5 Å². The van der Waals surface area contributed by atoms with Crippen molar-refractivity contribution in [3.63, 3.8) is 0 Å². The van der Waals surface area contributed by atoms with Gasteiger partial charge in [0.25, 0.3) is 0 Å². The molecular formula is C10H8O4SY-2. The minimum Gasteiger partial charge on any atom is -0.391 e.